The number of hydrogen-bond donors (Lipinski definition) is 0. The van der Waals surface area contributed by atoms with Gasteiger partial charge in [-0.1, -0.05) is 11.6 Å². The summed E-state index contributed by atoms with van der Waals surface area (Å²) in [6.07, 6.45) is 7.23. The third-order valence-corrected chi connectivity index (χ3v) is 2.39. The minimum atomic E-state index is -0.429. The minimum absolute atomic E-state index is 0.156. The van der Waals surface area contributed by atoms with Crippen LogP contribution in [0.25, 0.3) is 17.6 Å². The molecular weight excluding hydrogens is 280 g/mol. The number of aromatic nitrogens is 4. The van der Waals surface area contributed by atoms with E-state index in [0.717, 1.165) is 0 Å². The number of carbonyl (C=O) groups excluding carboxylic acids is 1. The highest BCUT2D eigenvalue weighted by Gasteiger charge is 2.05. The van der Waals surface area contributed by atoms with Gasteiger partial charge in [0, 0.05) is 30.2 Å². The fourth-order valence-electron chi connectivity index (χ4n) is 1.42. The van der Waals surface area contributed by atoms with E-state index in [2.05, 4.69) is 15.1 Å². The first-order valence-corrected chi connectivity index (χ1v) is 6.33. The molecule has 0 aliphatic carbocycles. The van der Waals surface area contributed by atoms with E-state index >= 15 is 0 Å². The molecule has 2 aromatic heterocycles. The number of pyridine rings is 1. The van der Waals surface area contributed by atoms with Gasteiger partial charge >= 0.3 is 5.97 Å². The molecule has 0 N–H and O–H groups in total. The van der Waals surface area contributed by atoms with E-state index in [-0.39, 0.29) is 6.10 Å². The van der Waals surface area contributed by atoms with E-state index in [1.807, 2.05) is 0 Å². The summed E-state index contributed by atoms with van der Waals surface area (Å²) in [6.45, 7) is 3.57. The van der Waals surface area contributed by atoms with Gasteiger partial charge in [-0.25, -0.2) is 14.5 Å². The van der Waals surface area contributed by atoms with Crippen LogP contribution in [0.1, 0.15) is 13.8 Å². The van der Waals surface area contributed by atoms with Crippen LogP contribution in [0.4, 0.5) is 0 Å². The highest BCUT2D eigenvalue weighted by Crippen LogP contribution is 2.17. The third-order valence-electron chi connectivity index (χ3n) is 2.19. The fourth-order valence-corrected chi connectivity index (χ4v) is 1.60. The Morgan fingerprint density at radius 3 is 2.95 bits per heavy atom. The van der Waals surface area contributed by atoms with Gasteiger partial charge in [0.25, 0.3) is 0 Å². The van der Waals surface area contributed by atoms with Crippen molar-refractivity contribution in [2.75, 3.05) is 0 Å². The average Bonchev–Trinajstić information content (AvgIpc) is 2.84. The first-order valence-electron chi connectivity index (χ1n) is 5.95. The van der Waals surface area contributed by atoms with Gasteiger partial charge in [0.1, 0.15) is 6.33 Å². The Bertz CT molecular complexity index is 637. The molecule has 0 atom stereocenters. The maximum absolute atomic E-state index is 11.4. The lowest BCUT2D eigenvalue weighted by Crippen LogP contribution is -2.08. The molecule has 0 spiro atoms. The van der Waals surface area contributed by atoms with Gasteiger partial charge in [0.15, 0.2) is 5.82 Å². The molecule has 0 radical (unpaired) electrons. The van der Waals surface area contributed by atoms with Crippen LogP contribution < -0.4 is 0 Å². The Morgan fingerprint density at radius 2 is 2.25 bits per heavy atom. The van der Waals surface area contributed by atoms with Gasteiger partial charge < -0.3 is 4.74 Å². The molecule has 2 aromatic rings. The van der Waals surface area contributed by atoms with Crippen molar-refractivity contribution >= 4 is 23.8 Å². The minimum Gasteiger partial charge on any atom is -0.460 e. The van der Waals surface area contributed by atoms with Crippen molar-refractivity contribution in [1.29, 1.82) is 0 Å². The summed E-state index contributed by atoms with van der Waals surface area (Å²) < 4.78 is 6.38. The fraction of sp³-hybridized carbons (Fsp3) is 0.231. The first kappa shape index (κ1) is 14.2. The molecule has 0 unspecified atom stereocenters. The summed E-state index contributed by atoms with van der Waals surface area (Å²) in [5.41, 5.74) is 0.703. The van der Waals surface area contributed by atoms with E-state index in [1.54, 1.807) is 26.1 Å². The second-order valence-corrected chi connectivity index (χ2v) is 4.68. The monoisotopic (exact) mass is 292 g/mol. The lowest BCUT2D eigenvalue weighted by Gasteiger charge is -2.03. The van der Waals surface area contributed by atoms with Crippen LogP contribution in [-0.4, -0.2) is 31.8 Å². The van der Waals surface area contributed by atoms with Crippen LogP contribution in [0.15, 0.2) is 30.9 Å². The molecule has 0 bridgehead atoms. The smallest absolute Gasteiger partial charge is 0.332 e. The second kappa shape index (κ2) is 6.29. The molecule has 0 aliphatic heterocycles. The molecule has 0 saturated carbocycles. The molecule has 6 nitrogen and oxygen atoms in total. The zero-order chi connectivity index (χ0) is 14.5. The highest BCUT2D eigenvalue weighted by molar-refractivity contribution is 6.30. The summed E-state index contributed by atoms with van der Waals surface area (Å²) in [5.74, 6) is 0.0448. The summed E-state index contributed by atoms with van der Waals surface area (Å²) >= 11 is 5.85. The van der Waals surface area contributed by atoms with Crippen LogP contribution in [-0.2, 0) is 9.53 Å². The molecule has 7 heteroatoms. The summed E-state index contributed by atoms with van der Waals surface area (Å²) in [5, 5.41) is 4.69. The maximum Gasteiger partial charge on any atom is 0.332 e. The summed E-state index contributed by atoms with van der Waals surface area (Å²) in [4.78, 5) is 19.4. The number of nitrogens with zero attached hydrogens (tertiary/aromatic N) is 4. The molecule has 20 heavy (non-hydrogen) atoms. The molecule has 0 amide bonds. The molecule has 2 heterocycles. The summed E-state index contributed by atoms with van der Waals surface area (Å²) in [7, 11) is 0. The summed E-state index contributed by atoms with van der Waals surface area (Å²) in [6, 6.07) is 1.71. The Balaban J connectivity index is 2.10. The zero-order valence-corrected chi connectivity index (χ0v) is 11.8. The molecule has 0 fully saturated rings. The highest BCUT2D eigenvalue weighted by atomic mass is 35.5. The zero-order valence-electron chi connectivity index (χ0n) is 11.0. The number of halogens is 1. The van der Waals surface area contributed by atoms with Gasteiger partial charge in [-0.3, -0.25) is 4.98 Å². The van der Waals surface area contributed by atoms with Gasteiger partial charge in [-0.2, -0.15) is 0 Å². The number of ether oxygens (including phenoxy) is 1. The Morgan fingerprint density at radius 1 is 1.45 bits per heavy atom. The van der Waals surface area contributed by atoms with Gasteiger partial charge in [0.05, 0.1) is 11.1 Å². The maximum atomic E-state index is 11.4. The first-order chi connectivity index (χ1) is 9.54. The van der Waals surface area contributed by atoms with E-state index in [4.69, 9.17) is 16.3 Å². The van der Waals surface area contributed by atoms with Crippen LogP contribution in [0.2, 0.25) is 5.02 Å². The lowest BCUT2D eigenvalue weighted by molar-refractivity contribution is -0.141. The van der Waals surface area contributed by atoms with Crippen LogP contribution in [0.5, 0.6) is 0 Å². The molecule has 2 rings (SSSR count). The molecule has 0 aliphatic rings. The second-order valence-electron chi connectivity index (χ2n) is 4.24. The topological polar surface area (TPSA) is 69.9 Å². The van der Waals surface area contributed by atoms with Crippen LogP contribution in [0, 0.1) is 0 Å². The van der Waals surface area contributed by atoms with Crippen LogP contribution in [0.3, 0.4) is 0 Å². The van der Waals surface area contributed by atoms with Gasteiger partial charge in [-0.15, -0.1) is 5.10 Å². The van der Waals surface area contributed by atoms with Crippen molar-refractivity contribution < 1.29 is 9.53 Å². The van der Waals surface area contributed by atoms with Crippen molar-refractivity contribution in [1.82, 2.24) is 19.7 Å². The number of rotatable bonds is 4. The molecule has 104 valence electrons. The largest absolute Gasteiger partial charge is 0.460 e. The molecule has 0 aromatic carbocycles. The number of carbonyl (C=O) groups is 1. The standard InChI is InChI=1S/C13H13ClN4O2/c1-9(2)20-12(19)3-4-18-8-16-13(17-18)10-5-11(14)7-15-6-10/h3-9H,1-2H3/b4-3+. The number of hydrogen-bond acceptors (Lipinski definition) is 5. The molecular formula is C13H13ClN4O2. The third kappa shape index (κ3) is 3.89. The van der Waals surface area contributed by atoms with E-state index in [1.165, 1.54) is 29.5 Å². The Kier molecular flexibility index (Phi) is 4.47. The predicted octanol–water partition coefficient (Wildman–Crippen LogP) is 2.42. The van der Waals surface area contributed by atoms with E-state index in [0.29, 0.717) is 16.4 Å². The lowest BCUT2D eigenvalue weighted by atomic mass is 10.3. The van der Waals surface area contributed by atoms with Crippen molar-refractivity contribution in [3.05, 3.63) is 35.9 Å². The van der Waals surface area contributed by atoms with Crippen molar-refractivity contribution in [3.8, 4) is 11.4 Å². The quantitative estimate of drug-likeness (QED) is 0.639. The number of esters is 1. The van der Waals surface area contributed by atoms with E-state index < -0.39 is 5.97 Å². The normalized spacial score (nSPS) is 11.2. The van der Waals surface area contributed by atoms with Crippen molar-refractivity contribution in [3.63, 3.8) is 0 Å². The van der Waals surface area contributed by atoms with Crippen molar-refractivity contribution in [2.45, 2.75) is 20.0 Å². The predicted molar refractivity (Wildman–Crippen MR) is 74.8 cm³/mol. The van der Waals surface area contributed by atoms with Gasteiger partial charge in [0.2, 0.25) is 0 Å². The average molecular weight is 293 g/mol. The van der Waals surface area contributed by atoms with Crippen LogP contribution >= 0.6 is 11.6 Å². The SMILES string of the molecule is CC(C)OC(=O)/C=C/n1cnc(-c2cncc(Cl)c2)n1. The Labute approximate surface area is 121 Å². The Hall–Kier alpha value is -2.21. The van der Waals surface area contributed by atoms with E-state index in [9.17, 15) is 4.79 Å². The van der Waals surface area contributed by atoms with Crippen molar-refractivity contribution in [2.24, 2.45) is 0 Å². The molecule has 0 saturated heterocycles. The van der Waals surface area contributed by atoms with Gasteiger partial charge in [-0.05, 0) is 19.9 Å².